The number of likely N-dealkylation sites (tertiary alicyclic amines) is 1. The highest BCUT2D eigenvalue weighted by Crippen LogP contribution is 2.18. The van der Waals surface area contributed by atoms with Crippen LogP contribution in [0.1, 0.15) is 13.3 Å². The van der Waals surface area contributed by atoms with Crippen molar-refractivity contribution >= 4 is 5.82 Å². The molecular formula is C10H18N4. The summed E-state index contributed by atoms with van der Waals surface area (Å²) in [5, 5.41) is 7.76. The number of hydrogen-bond acceptors (Lipinski definition) is 3. The first-order valence-corrected chi connectivity index (χ1v) is 5.11. The lowest BCUT2D eigenvalue weighted by Gasteiger charge is -2.12. The number of hydrogen-bond donors (Lipinski definition) is 1. The van der Waals surface area contributed by atoms with E-state index in [-0.39, 0.29) is 0 Å². The van der Waals surface area contributed by atoms with Gasteiger partial charge >= 0.3 is 0 Å². The van der Waals surface area contributed by atoms with Crippen molar-refractivity contribution < 1.29 is 0 Å². The molecule has 1 saturated heterocycles. The molecule has 0 bridgehead atoms. The average Bonchev–Trinajstić information content (AvgIpc) is 2.62. The lowest BCUT2D eigenvalue weighted by molar-refractivity contribution is 0.330. The first-order valence-electron chi connectivity index (χ1n) is 5.11. The van der Waals surface area contributed by atoms with Gasteiger partial charge in [0, 0.05) is 37.9 Å². The monoisotopic (exact) mass is 194 g/mol. The van der Waals surface area contributed by atoms with Gasteiger partial charge < -0.3 is 10.2 Å². The molecule has 0 saturated carbocycles. The van der Waals surface area contributed by atoms with Crippen molar-refractivity contribution in [3.63, 3.8) is 0 Å². The third-order valence-corrected chi connectivity index (χ3v) is 2.95. The van der Waals surface area contributed by atoms with Crippen LogP contribution < -0.4 is 5.32 Å². The molecule has 14 heavy (non-hydrogen) atoms. The van der Waals surface area contributed by atoms with E-state index in [4.69, 9.17) is 0 Å². The van der Waals surface area contributed by atoms with E-state index in [1.165, 1.54) is 6.42 Å². The Morgan fingerprint density at radius 1 is 1.50 bits per heavy atom. The van der Waals surface area contributed by atoms with E-state index >= 15 is 0 Å². The summed E-state index contributed by atoms with van der Waals surface area (Å²) in [6, 6.07) is 3.24. The topological polar surface area (TPSA) is 33.1 Å². The number of aryl methyl sites for hydroxylation is 1. The third-order valence-electron chi connectivity index (χ3n) is 2.95. The maximum Gasteiger partial charge on any atom is 0.148 e. The zero-order valence-corrected chi connectivity index (χ0v) is 9.07. The van der Waals surface area contributed by atoms with Crippen LogP contribution in [0.3, 0.4) is 0 Å². The molecule has 0 aromatic carbocycles. The molecule has 1 aromatic heterocycles. The molecule has 2 unspecified atom stereocenters. The number of nitrogens with one attached hydrogen (secondary N) is 1. The predicted molar refractivity (Wildman–Crippen MR) is 57.3 cm³/mol. The Morgan fingerprint density at radius 3 is 2.79 bits per heavy atom. The molecule has 0 amide bonds. The van der Waals surface area contributed by atoms with Crippen molar-refractivity contribution in [2.45, 2.75) is 25.4 Å². The molecule has 0 aliphatic carbocycles. The number of nitrogens with zero attached hydrogens (tertiary/aromatic N) is 3. The molecule has 78 valence electrons. The van der Waals surface area contributed by atoms with Crippen molar-refractivity contribution in [3.05, 3.63) is 12.3 Å². The Bertz CT molecular complexity index is 297. The lowest BCUT2D eigenvalue weighted by Crippen LogP contribution is -2.25. The lowest BCUT2D eigenvalue weighted by atomic mass is 10.2. The summed E-state index contributed by atoms with van der Waals surface area (Å²) >= 11 is 0. The fraction of sp³-hybridized carbons (Fsp3) is 0.700. The van der Waals surface area contributed by atoms with Gasteiger partial charge in [0.05, 0.1) is 0 Å². The Labute approximate surface area is 84.9 Å². The molecule has 2 heterocycles. The van der Waals surface area contributed by atoms with Crippen LogP contribution in [0.4, 0.5) is 5.82 Å². The van der Waals surface area contributed by atoms with Gasteiger partial charge in [-0.1, -0.05) is 0 Å². The second-order valence-electron chi connectivity index (χ2n) is 4.24. The van der Waals surface area contributed by atoms with E-state index in [1.54, 1.807) is 0 Å². The Morgan fingerprint density at radius 2 is 2.29 bits per heavy atom. The highest BCUT2D eigenvalue weighted by molar-refractivity contribution is 5.34. The van der Waals surface area contributed by atoms with Crippen molar-refractivity contribution in [3.8, 4) is 0 Å². The minimum atomic E-state index is 0.546. The molecule has 4 heteroatoms. The molecule has 1 aromatic rings. The zero-order chi connectivity index (χ0) is 10.1. The second kappa shape index (κ2) is 3.61. The van der Waals surface area contributed by atoms with Gasteiger partial charge in [0.2, 0.25) is 0 Å². The summed E-state index contributed by atoms with van der Waals surface area (Å²) in [6.07, 6.45) is 3.16. The Hall–Kier alpha value is -1.03. The smallest absolute Gasteiger partial charge is 0.148 e. The highest BCUT2D eigenvalue weighted by atomic mass is 15.3. The molecule has 4 nitrogen and oxygen atoms in total. The summed E-state index contributed by atoms with van der Waals surface area (Å²) in [7, 11) is 4.11. The van der Waals surface area contributed by atoms with E-state index in [0.29, 0.717) is 12.1 Å². The van der Waals surface area contributed by atoms with Gasteiger partial charge in [0.1, 0.15) is 5.82 Å². The summed E-state index contributed by atoms with van der Waals surface area (Å²) in [4.78, 5) is 2.38. The maximum absolute atomic E-state index is 4.31. The molecule has 1 aliphatic rings. The van der Waals surface area contributed by atoms with Crippen LogP contribution in [0.25, 0.3) is 0 Å². The molecular weight excluding hydrogens is 176 g/mol. The SMILES string of the molecule is CC1CC(Nc2ccn(C)n2)CN1C. The standard InChI is InChI=1S/C10H18N4/c1-8-6-9(7-13(8)2)11-10-4-5-14(3)12-10/h4-5,8-9H,6-7H2,1-3H3,(H,11,12). The number of likely N-dealkylation sites (N-methyl/N-ethyl adjacent to an activating group) is 1. The molecule has 0 spiro atoms. The van der Waals surface area contributed by atoms with Crippen molar-refractivity contribution in [2.75, 3.05) is 18.9 Å². The summed E-state index contributed by atoms with van der Waals surface area (Å²) in [5.41, 5.74) is 0. The van der Waals surface area contributed by atoms with Gasteiger partial charge in [0.25, 0.3) is 0 Å². The van der Waals surface area contributed by atoms with E-state index in [1.807, 2.05) is 24.0 Å². The Balaban J connectivity index is 1.93. The zero-order valence-electron chi connectivity index (χ0n) is 9.07. The molecule has 0 radical (unpaired) electrons. The van der Waals surface area contributed by atoms with Crippen LogP contribution in [0.5, 0.6) is 0 Å². The largest absolute Gasteiger partial charge is 0.365 e. The van der Waals surface area contributed by atoms with E-state index in [9.17, 15) is 0 Å². The highest BCUT2D eigenvalue weighted by Gasteiger charge is 2.26. The van der Waals surface area contributed by atoms with Gasteiger partial charge in [0.15, 0.2) is 0 Å². The average molecular weight is 194 g/mol. The third kappa shape index (κ3) is 1.90. The van der Waals surface area contributed by atoms with Crippen LogP contribution in [0, 0.1) is 0 Å². The quantitative estimate of drug-likeness (QED) is 0.760. The van der Waals surface area contributed by atoms with Crippen molar-refractivity contribution in [2.24, 2.45) is 7.05 Å². The van der Waals surface area contributed by atoms with Gasteiger partial charge in [-0.15, -0.1) is 0 Å². The minimum Gasteiger partial charge on any atom is -0.365 e. The van der Waals surface area contributed by atoms with Crippen molar-refractivity contribution in [1.82, 2.24) is 14.7 Å². The van der Waals surface area contributed by atoms with Gasteiger partial charge in [-0.3, -0.25) is 4.68 Å². The fourth-order valence-electron chi connectivity index (χ4n) is 2.00. The van der Waals surface area contributed by atoms with Crippen LogP contribution >= 0.6 is 0 Å². The van der Waals surface area contributed by atoms with Crippen LogP contribution in [0.15, 0.2) is 12.3 Å². The van der Waals surface area contributed by atoms with Gasteiger partial charge in [-0.25, -0.2) is 0 Å². The molecule has 2 atom stereocenters. The summed E-state index contributed by atoms with van der Waals surface area (Å²) in [6.45, 7) is 3.37. The number of anilines is 1. The van der Waals surface area contributed by atoms with Gasteiger partial charge in [-0.2, -0.15) is 5.10 Å². The van der Waals surface area contributed by atoms with Crippen LogP contribution in [-0.4, -0.2) is 40.4 Å². The molecule has 1 fully saturated rings. The first kappa shape index (κ1) is 9.52. The van der Waals surface area contributed by atoms with Crippen LogP contribution in [-0.2, 0) is 7.05 Å². The molecule has 1 aliphatic heterocycles. The minimum absolute atomic E-state index is 0.546. The van der Waals surface area contributed by atoms with E-state index in [0.717, 1.165) is 12.4 Å². The first-order chi connectivity index (χ1) is 6.65. The van der Waals surface area contributed by atoms with E-state index < -0.39 is 0 Å². The van der Waals surface area contributed by atoms with Gasteiger partial charge in [-0.05, 0) is 20.4 Å². The summed E-state index contributed by atoms with van der Waals surface area (Å²) in [5.74, 6) is 0.986. The van der Waals surface area contributed by atoms with Crippen molar-refractivity contribution in [1.29, 1.82) is 0 Å². The second-order valence-corrected chi connectivity index (χ2v) is 4.24. The molecule has 1 N–H and O–H groups in total. The predicted octanol–water partition coefficient (Wildman–Crippen LogP) is 0.925. The fourth-order valence-corrected chi connectivity index (χ4v) is 2.00. The summed E-state index contributed by atoms with van der Waals surface area (Å²) < 4.78 is 1.82. The number of rotatable bonds is 2. The molecule has 2 rings (SSSR count). The van der Waals surface area contributed by atoms with E-state index in [2.05, 4.69) is 29.3 Å². The Kier molecular flexibility index (Phi) is 2.46. The number of aromatic nitrogens is 2. The normalized spacial score (nSPS) is 28.2. The van der Waals surface area contributed by atoms with Crippen LogP contribution in [0.2, 0.25) is 0 Å². The maximum atomic E-state index is 4.31.